The lowest BCUT2D eigenvalue weighted by Gasteiger charge is -2.05. The summed E-state index contributed by atoms with van der Waals surface area (Å²) in [7, 11) is 1.69. The Kier molecular flexibility index (Phi) is 6.19. The van der Waals surface area contributed by atoms with Gasteiger partial charge in [-0.2, -0.15) is 0 Å². The van der Waals surface area contributed by atoms with Crippen LogP contribution in [0.2, 0.25) is 0 Å². The van der Waals surface area contributed by atoms with Crippen LogP contribution in [0.25, 0.3) is 11.0 Å². The molecule has 0 saturated heterocycles. The molecule has 28 heavy (non-hydrogen) atoms. The third-order valence-electron chi connectivity index (χ3n) is 4.33. The molecule has 0 saturated carbocycles. The second-order valence-corrected chi connectivity index (χ2v) is 8.41. The van der Waals surface area contributed by atoms with E-state index >= 15 is 0 Å². The van der Waals surface area contributed by atoms with Gasteiger partial charge in [0.2, 0.25) is 0 Å². The molecule has 0 fully saturated rings. The van der Waals surface area contributed by atoms with Crippen LogP contribution in [0, 0.1) is 0 Å². The Morgan fingerprint density at radius 1 is 1.00 bits per heavy atom. The van der Waals surface area contributed by atoms with E-state index in [9.17, 15) is 0 Å². The number of aromatic amines is 1. The van der Waals surface area contributed by atoms with Crippen molar-refractivity contribution < 1.29 is 4.74 Å². The van der Waals surface area contributed by atoms with Crippen molar-refractivity contribution in [3.63, 3.8) is 0 Å². The summed E-state index contributed by atoms with van der Waals surface area (Å²) in [5, 5.41) is 0.931. The minimum atomic E-state index is 0.798. The summed E-state index contributed by atoms with van der Waals surface area (Å²) in [5.41, 5.74) is 4.46. The Bertz CT molecular complexity index is 1010. The van der Waals surface area contributed by atoms with Crippen LogP contribution in [0.1, 0.15) is 11.3 Å². The molecular formula is C22H21N3OS2. The van der Waals surface area contributed by atoms with E-state index in [1.165, 1.54) is 10.5 Å². The predicted octanol–water partition coefficient (Wildman–Crippen LogP) is 5.59. The molecule has 0 unspecified atom stereocenters. The Labute approximate surface area is 173 Å². The Morgan fingerprint density at radius 3 is 2.68 bits per heavy atom. The van der Waals surface area contributed by atoms with Gasteiger partial charge < -0.3 is 9.72 Å². The summed E-state index contributed by atoms with van der Waals surface area (Å²) in [4.78, 5) is 13.7. The Morgan fingerprint density at radius 2 is 1.86 bits per heavy atom. The molecule has 6 heteroatoms. The number of hydrogen-bond acceptors (Lipinski definition) is 5. The Hall–Kier alpha value is -2.44. The number of imidazole rings is 1. The van der Waals surface area contributed by atoms with Crippen molar-refractivity contribution >= 4 is 34.6 Å². The molecular weight excluding hydrogens is 386 g/mol. The lowest BCUT2D eigenvalue weighted by Crippen LogP contribution is -1.91. The zero-order chi connectivity index (χ0) is 19.2. The smallest absolute Gasteiger partial charge is 0.166 e. The summed E-state index contributed by atoms with van der Waals surface area (Å²) in [6.45, 7) is 0. The summed E-state index contributed by atoms with van der Waals surface area (Å²) in [5.74, 6) is 2.73. The van der Waals surface area contributed by atoms with Crippen LogP contribution < -0.4 is 4.74 Å². The van der Waals surface area contributed by atoms with Crippen LogP contribution >= 0.6 is 23.5 Å². The van der Waals surface area contributed by atoms with Gasteiger partial charge in [-0.25, -0.2) is 4.98 Å². The lowest BCUT2D eigenvalue weighted by atomic mass is 10.2. The van der Waals surface area contributed by atoms with Crippen molar-refractivity contribution in [1.82, 2.24) is 15.0 Å². The molecule has 2 heterocycles. The maximum atomic E-state index is 5.21. The molecule has 0 aliphatic heterocycles. The number of nitrogens with one attached hydrogen (secondary N) is 1. The fourth-order valence-electron chi connectivity index (χ4n) is 2.84. The van der Waals surface area contributed by atoms with Crippen molar-refractivity contribution in [2.24, 2.45) is 0 Å². The SMILES string of the molecule is COc1ccc(CCSc2ccnc(CSc3nc4ccccc4[nH]3)c2)cc1. The van der Waals surface area contributed by atoms with E-state index in [0.29, 0.717) is 0 Å². The summed E-state index contributed by atoms with van der Waals surface area (Å²) < 4.78 is 5.21. The standard InChI is InChI=1S/C22H21N3OS2/c1-26-18-8-6-16(7-9-18)11-13-27-19-10-12-23-17(14-19)15-28-22-24-20-4-2-3-5-21(20)25-22/h2-10,12,14H,11,13,15H2,1H3,(H,24,25). The van der Waals surface area contributed by atoms with Crippen molar-refractivity contribution in [3.8, 4) is 5.75 Å². The highest BCUT2D eigenvalue weighted by Crippen LogP contribution is 2.25. The number of ether oxygens (including phenoxy) is 1. The van der Waals surface area contributed by atoms with E-state index in [0.717, 1.165) is 45.6 Å². The zero-order valence-corrected chi connectivity index (χ0v) is 17.2. The first-order chi connectivity index (χ1) is 13.8. The van der Waals surface area contributed by atoms with Gasteiger partial charge in [-0.1, -0.05) is 36.0 Å². The molecule has 0 bridgehead atoms. The van der Waals surface area contributed by atoms with Gasteiger partial charge in [0.15, 0.2) is 5.16 Å². The molecule has 0 aliphatic carbocycles. The van der Waals surface area contributed by atoms with Crippen LogP contribution in [-0.4, -0.2) is 27.8 Å². The van der Waals surface area contributed by atoms with Gasteiger partial charge in [-0.3, -0.25) is 4.98 Å². The number of H-pyrrole nitrogens is 1. The fraction of sp³-hybridized carbons (Fsp3) is 0.182. The minimum Gasteiger partial charge on any atom is -0.497 e. The number of pyridine rings is 1. The third kappa shape index (κ3) is 4.88. The van der Waals surface area contributed by atoms with E-state index in [4.69, 9.17) is 4.74 Å². The molecule has 0 radical (unpaired) electrons. The van der Waals surface area contributed by atoms with Crippen molar-refractivity contribution in [2.45, 2.75) is 22.2 Å². The summed E-state index contributed by atoms with van der Waals surface area (Å²) >= 11 is 3.54. The third-order valence-corrected chi connectivity index (χ3v) is 6.23. The van der Waals surface area contributed by atoms with Gasteiger partial charge in [0.05, 0.1) is 23.8 Å². The molecule has 1 N–H and O–H groups in total. The quantitative estimate of drug-likeness (QED) is 0.386. The number of fused-ring (bicyclic) bond motifs is 1. The largest absolute Gasteiger partial charge is 0.497 e. The summed E-state index contributed by atoms with van der Waals surface area (Å²) in [6.07, 6.45) is 2.92. The van der Waals surface area contributed by atoms with Crippen molar-refractivity contribution in [1.29, 1.82) is 0 Å². The molecule has 142 valence electrons. The zero-order valence-electron chi connectivity index (χ0n) is 15.6. The number of methoxy groups -OCH3 is 1. The van der Waals surface area contributed by atoms with E-state index in [-0.39, 0.29) is 0 Å². The number of aryl methyl sites for hydroxylation is 1. The molecule has 0 spiro atoms. The number of para-hydroxylation sites is 2. The normalized spacial score (nSPS) is 11.0. The number of hydrogen-bond donors (Lipinski definition) is 1. The van der Waals surface area contributed by atoms with Crippen LogP contribution in [0.3, 0.4) is 0 Å². The molecule has 4 aromatic rings. The molecule has 4 nitrogen and oxygen atoms in total. The van der Waals surface area contributed by atoms with Crippen LogP contribution in [0.15, 0.2) is 76.9 Å². The van der Waals surface area contributed by atoms with E-state index in [1.807, 2.05) is 54.4 Å². The highest BCUT2D eigenvalue weighted by Gasteiger charge is 2.05. The lowest BCUT2D eigenvalue weighted by molar-refractivity contribution is 0.414. The maximum absolute atomic E-state index is 5.21. The minimum absolute atomic E-state index is 0.798. The second-order valence-electron chi connectivity index (χ2n) is 6.28. The second kappa shape index (κ2) is 9.17. The first-order valence-electron chi connectivity index (χ1n) is 9.08. The predicted molar refractivity (Wildman–Crippen MR) is 117 cm³/mol. The number of thioether (sulfide) groups is 2. The van der Waals surface area contributed by atoms with Gasteiger partial charge in [-0.05, 0) is 48.4 Å². The van der Waals surface area contributed by atoms with Gasteiger partial charge in [0, 0.05) is 22.6 Å². The fourth-order valence-corrected chi connectivity index (χ4v) is 4.58. The van der Waals surface area contributed by atoms with Gasteiger partial charge in [0.25, 0.3) is 0 Å². The van der Waals surface area contributed by atoms with Crippen molar-refractivity contribution in [2.75, 3.05) is 12.9 Å². The van der Waals surface area contributed by atoms with Gasteiger partial charge >= 0.3 is 0 Å². The number of rotatable bonds is 8. The van der Waals surface area contributed by atoms with Crippen LogP contribution in [0.5, 0.6) is 5.75 Å². The number of benzene rings is 2. The molecule has 0 aliphatic rings. The van der Waals surface area contributed by atoms with E-state index in [2.05, 4.69) is 39.2 Å². The van der Waals surface area contributed by atoms with Gasteiger partial charge in [0.1, 0.15) is 5.75 Å². The maximum Gasteiger partial charge on any atom is 0.166 e. The first-order valence-corrected chi connectivity index (χ1v) is 11.1. The molecule has 0 atom stereocenters. The average Bonchev–Trinajstić information content (AvgIpc) is 3.16. The molecule has 4 rings (SSSR count). The monoisotopic (exact) mass is 407 g/mol. The topological polar surface area (TPSA) is 50.8 Å². The van der Waals surface area contributed by atoms with E-state index in [1.54, 1.807) is 18.9 Å². The highest BCUT2D eigenvalue weighted by molar-refractivity contribution is 7.99. The molecule has 2 aromatic carbocycles. The first kappa shape index (κ1) is 18.9. The van der Waals surface area contributed by atoms with Gasteiger partial charge in [-0.15, -0.1) is 11.8 Å². The van der Waals surface area contributed by atoms with Crippen molar-refractivity contribution in [3.05, 3.63) is 78.1 Å². The number of aromatic nitrogens is 3. The van der Waals surface area contributed by atoms with Crippen LogP contribution in [0.4, 0.5) is 0 Å². The highest BCUT2D eigenvalue weighted by atomic mass is 32.2. The van der Waals surface area contributed by atoms with Crippen LogP contribution in [-0.2, 0) is 12.2 Å². The molecule has 2 aromatic heterocycles. The van der Waals surface area contributed by atoms with E-state index < -0.39 is 0 Å². The molecule has 0 amide bonds. The Balaban J connectivity index is 1.30. The summed E-state index contributed by atoms with van der Waals surface area (Å²) in [6, 6.07) is 20.6. The average molecular weight is 408 g/mol. The number of nitrogens with zero attached hydrogens (tertiary/aromatic N) is 2.